The maximum absolute atomic E-state index is 12.2. The second-order valence-corrected chi connectivity index (χ2v) is 4.45. The first kappa shape index (κ1) is 11.6. The molecule has 1 atom stereocenters. The lowest BCUT2D eigenvalue weighted by molar-refractivity contribution is -0.216. The van der Waals surface area contributed by atoms with Gasteiger partial charge in [0.1, 0.15) is 0 Å². The lowest BCUT2D eigenvalue weighted by atomic mass is 9.74. The number of allylic oxidation sites excluding steroid dienone is 2. The topological polar surface area (TPSA) is 35.5 Å². The van der Waals surface area contributed by atoms with Crippen LogP contribution in [0.4, 0.5) is 0 Å². The minimum Gasteiger partial charge on any atom is -0.346 e. The van der Waals surface area contributed by atoms with Crippen molar-refractivity contribution in [2.75, 3.05) is 13.2 Å². The summed E-state index contributed by atoms with van der Waals surface area (Å²) >= 11 is 0. The Bertz CT molecular complexity index is 310. The standard InChI is InChI=1S/C13H18O3/c1-3-6-12(11(14)4-2)7-5-8-13(12)15-9-10-16-13/h3-4H,1-2,5-10H2. The number of carbonyl (C=O) groups excluding carboxylic acids is 1. The lowest BCUT2D eigenvalue weighted by Gasteiger charge is -2.39. The van der Waals surface area contributed by atoms with Crippen LogP contribution in [0.15, 0.2) is 25.3 Å². The van der Waals surface area contributed by atoms with Crippen molar-refractivity contribution in [1.82, 2.24) is 0 Å². The first-order valence-corrected chi connectivity index (χ1v) is 5.76. The van der Waals surface area contributed by atoms with Gasteiger partial charge in [-0.1, -0.05) is 12.7 Å². The Morgan fingerprint density at radius 2 is 1.94 bits per heavy atom. The quantitative estimate of drug-likeness (QED) is 0.540. The van der Waals surface area contributed by atoms with E-state index in [0.29, 0.717) is 19.6 Å². The average Bonchev–Trinajstić information content (AvgIpc) is 2.89. The van der Waals surface area contributed by atoms with Crippen LogP contribution >= 0.6 is 0 Å². The molecular formula is C13H18O3. The van der Waals surface area contributed by atoms with Gasteiger partial charge in [0, 0.05) is 6.42 Å². The fourth-order valence-electron chi connectivity index (χ4n) is 3.04. The summed E-state index contributed by atoms with van der Waals surface area (Å²) in [5, 5.41) is 0. The van der Waals surface area contributed by atoms with E-state index >= 15 is 0 Å². The molecule has 2 rings (SSSR count). The number of hydrogen-bond donors (Lipinski definition) is 0. The summed E-state index contributed by atoms with van der Waals surface area (Å²) in [5.41, 5.74) is -0.590. The molecule has 0 bridgehead atoms. The molecule has 1 unspecified atom stereocenters. The Morgan fingerprint density at radius 3 is 2.50 bits per heavy atom. The van der Waals surface area contributed by atoms with Gasteiger partial charge in [-0.2, -0.15) is 0 Å². The van der Waals surface area contributed by atoms with E-state index in [-0.39, 0.29) is 5.78 Å². The molecule has 88 valence electrons. The van der Waals surface area contributed by atoms with E-state index in [1.165, 1.54) is 6.08 Å². The first-order chi connectivity index (χ1) is 7.71. The molecule has 1 heterocycles. The number of rotatable bonds is 4. The summed E-state index contributed by atoms with van der Waals surface area (Å²) in [7, 11) is 0. The molecule has 2 fully saturated rings. The molecule has 0 amide bonds. The molecule has 1 saturated heterocycles. The van der Waals surface area contributed by atoms with Crippen molar-refractivity contribution in [3.8, 4) is 0 Å². The summed E-state index contributed by atoms with van der Waals surface area (Å²) in [4.78, 5) is 12.2. The zero-order chi connectivity index (χ0) is 11.6. The second kappa shape index (κ2) is 4.15. The molecule has 3 heteroatoms. The van der Waals surface area contributed by atoms with E-state index in [4.69, 9.17) is 9.47 Å². The summed E-state index contributed by atoms with van der Waals surface area (Å²) in [6.45, 7) is 8.48. The van der Waals surface area contributed by atoms with Crippen LogP contribution in [0, 0.1) is 5.41 Å². The van der Waals surface area contributed by atoms with Crippen molar-refractivity contribution < 1.29 is 14.3 Å². The van der Waals surface area contributed by atoms with Gasteiger partial charge >= 0.3 is 0 Å². The summed E-state index contributed by atoms with van der Waals surface area (Å²) < 4.78 is 11.5. The lowest BCUT2D eigenvalue weighted by Crippen LogP contribution is -2.49. The Kier molecular flexibility index (Phi) is 3.00. The molecule has 16 heavy (non-hydrogen) atoms. The third-order valence-electron chi connectivity index (χ3n) is 3.74. The molecule has 1 aliphatic heterocycles. The van der Waals surface area contributed by atoms with Crippen LogP contribution in [0.2, 0.25) is 0 Å². The van der Waals surface area contributed by atoms with E-state index in [1.54, 1.807) is 6.08 Å². The molecule has 1 aliphatic carbocycles. The van der Waals surface area contributed by atoms with Crippen molar-refractivity contribution in [3.05, 3.63) is 25.3 Å². The van der Waals surface area contributed by atoms with Crippen LogP contribution in [0.1, 0.15) is 25.7 Å². The number of ketones is 1. The number of ether oxygens (including phenoxy) is 2. The fraction of sp³-hybridized carbons (Fsp3) is 0.615. The Balaban J connectivity index is 2.39. The van der Waals surface area contributed by atoms with Gasteiger partial charge in [-0.15, -0.1) is 6.58 Å². The summed E-state index contributed by atoms with van der Waals surface area (Å²) in [6, 6.07) is 0. The average molecular weight is 222 g/mol. The highest BCUT2D eigenvalue weighted by molar-refractivity contribution is 5.95. The van der Waals surface area contributed by atoms with Crippen molar-refractivity contribution in [2.24, 2.45) is 5.41 Å². The van der Waals surface area contributed by atoms with Gasteiger partial charge in [-0.25, -0.2) is 0 Å². The van der Waals surface area contributed by atoms with Crippen LogP contribution in [0.25, 0.3) is 0 Å². The Labute approximate surface area is 96.1 Å². The molecule has 1 saturated carbocycles. The normalized spacial score (nSPS) is 31.8. The van der Waals surface area contributed by atoms with Crippen molar-refractivity contribution in [1.29, 1.82) is 0 Å². The van der Waals surface area contributed by atoms with Crippen LogP contribution in [-0.4, -0.2) is 24.8 Å². The number of carbonyl (C=O) groups is 1. The largest absolute Gasteiger partial charge is 0.346 e. The van der Waals surface area contributed by atoms with E-state index in [0.717, 1.165) is 19.3 Å². The maximum atomic E-state index is 12.2. The smallest absolute Gasteiger partial charge is 0.181 e. The van der Waals surface area contributed by atoms with Gasteiger partial charge in [-0.3, -0.25) is 4.79 Å². The van der Waals surface area contributed by atoms with E-state index in [9.17, 15) is 4.79 Å². The molecule has 2 aliphatic rings. The van der Waals surface area contributed by atoms with Crippen molar-refractivity contribution in [3.63, 3.8) is 0 Å². The maximum Gasteiger partial charge on any atom is 0.181 e. The van der Waals surface area contributed by atoms with Gasteiger partial charge in [-0.05, 0) is 25.3 Å². The fourth-order valence-corrected chi connectivity index (χ4v) is 3.04. The minimum absolute atomic E-state index is 0.0202. The Morgan fingerprint density at radius 1 is 1.25 bits per heavy atom. The van der Waals surface area contributed by atoms with Gasteiger partial charge < -0.3 is 9.47 Å². The molecular weight excluding hydrogens is 204 g/mol. The van der Waals surface area contributed by atoms with Crippen LogP contribution in [-0.2, 0) is 14.3 Å². The van der Waals surface area contributed by atoms with Gasteiger partial charge in [0.05, 0.1) is 18.6 Å². The molecule has 1 spiro atoms. The summed E-state index contributed by atoms with van der Waals surface area (Å²) in [6.07, 6.45) is 6.30. The molecule has 3 nitrogen and oxygen atoms in total. The first-order valence-electron chi connectivity index (χ1n) is 5.76. The van der Waals surface area contributed by atoms with Crippen molar-refractivity contribution >= 4 is 5.78 Å². The predicted molar refractivity (Wildman–Crippen MR) is 60.9 cm³/mol. The van der Waals surface area contributed by atoms with Gasteiger partial charge in [0.25, 0.3) is 0 Å². The van der Waals surface area contributed by atoms with Crippen LogP contribution in [0.3, 0.4) is 0 Å². The Hall–Kier alpha value is -0.930. The highest BCUT2D eigenvalue weighted by Crippen LogP contribution is 2.54. The second-order valence-electron chi connectivity index (χ2n) is 4.45. The molecule has 0 aromatic heterocycles. The van der Waals surface area contributed by atoms with E-state index in [1.807, 2.05) is 0 Å². The van der Waals surface area contributed by atoms with Gasteiger partial charge in [0.2, 0.25) is 0 Å². The van der Waals surface area contributed by atoms with Crippen LogP contribution in [0.5, 0.6) is 0 Å². The third-order valence-corrected chi connectivity index (χ3v) is 3.74. The predicted octanol–water partition coefficient (Wildman–Crippen LogP) is 2.23. The molecule has 0 aromatic carbocycles. The van der Waals surface area contributed by atoms with Crippen molar-refractivity contribution in [2.45, 2.75) is 31.5 Å². The highest BCUT2D eigenvalue weighted by atomic mass is 16.7. The zero-order valence-electron chi connectivity index (χ0n) is 9.54. The van der Waals surface area contributed by atoms with E-state index < -0.39 is 11.2 Å². The highest BCUT2D eigenvalue weighted by Gasteiger charge is 2.61. The van der Waals surface area contributed by atoms with Gasteiger partial charge in [0.15, 0.2) is 11.6 Å². The molecule has 0 radical (unpaired) electrons. The number of hydrogen-bond acceptors (Lipinski definition) is 3. The third kappa shape index (κ3) is 1.39. The molecule has 0 N–H and O–H groups in total. The molecule has 0 aromatic rings. The minimum atomic E-state index is -0.716. The zero-order valence-corrected chi connectivity index (χ0v) is 9.54. The van der Waals surface area contributed by atoms with Crippen LogP contribution < -0.4 is 0 Å². The monoisotopic (exact) mass is 222 g/mol. The SMILES string of the molecule is C=CCC1(C(=O)C=C)CCCC12OCCO2. The van der Waals surface area contributed by atoms with E-state index in [2.05, 4.69) is 13.2 Å². The summed E-state index contributed by atoms with van der Waals surface area (Å²) in [5.74, 6) is -0.696.